The van der Waals surface area contributed by atoms with E-state index in [0.717, 1.165) is 16.8 Å². The molecule has 2 aromatic rings. The number of sulfone groups is 1. The number of hydrogen-bond acceptors (Lipinski definition) is 6. The van der Waals surface area contributed by atoms with Gasteiger partial charge in [-0.1, -0.05) is 30.3 Å². The van der Waals surface area contributed by atoms with Crippen molar-refractivity contribution in [1.29, 1.82) is 0 Å². The first-order valence-corrected chi connectivity index (χ1v) is 11.8. The van der Waals surface area contributed by atoms with Gasteiger partial charge in [-0.05, 0) is 17.2 Å². The van der Waals surface area contributed by atoms with E-state index in [2.05, 4.69) is 4.98 Å². The van der Waals surface area contributed by atoms with Gasteiger partial charge in [0, 0.05) is 31.4 Å². The summed E-state index contributed by atoms with van der Waals surface area (Å²) >= 11 is 0. The number of nitrogens with zero attached hydrogens (tertiary/aromatic N) is 2. The SMILES string of the molecule is O=C(NC(CF)C(O)c1ccc(-c2ccc(CN3CCS(=O)(=O)CC3)nc2)cc1)C(F)F. The zero-order valence-corrected chi connectivity index (χ0v) is 17.9. The molecule has 2 heterocycles. The highest BCUT2D eigenvalue weighted by molar-refractivity contribution is 7.91. The molecule has 32 heavy (non-hydrogen) atoms. The predicted molar refractivity (Wildman–Crippen MR) is 112 cm³/mol. The molecule has 1 fully saturated rings. The molecular formula is C21H24F3N3O4S. The lowest BCUT2D eigenvalue weighted by Crippen LogP contribution is -2.43. The monoisotopic (exact) mass is 471 g/mol. The number of pyridine rings is 1. The maximum atomic E-state index is 13.1. The second-order valence-electron chi connectivity index (χ2n) is 7.60. The molecule has 1 aliphatic rings. The zero-order valence-electron chi connectivity index (χ0n) is 17.1. The van der Waals surface area contributed by atoms with E-state index < -0.39 is 41.0 Å². The van der Waals surface area contributed by atoms with Crippen LogP contribution in [0.1, 0.15) is 17.4 Å². The standard InChI is InChI=1S/C21H24F3N3O4S/c22-11-18(26-21(29)20(23)24)19(28)15-3-1-14(2-4-15)16-5-6-17(25-12-16)13-27-7-9-32(30,31)10-8-27/h1-6,12,18-20,28H,7-11,13H2,(H,26,29). The molecule has 0 saturated carbocycles. The van der Waals surface area contributed by atoms with Crippen molar-refractivity contribution < 1.29 is 31.5 Å². The molecule has 2 unspecified atom stereocenters. The quantitative estimate of drug-likeness (QED) is 0.609. The maximum absolute atomic E-state index is 13.1. The van der Waals surface area contributed by atoms with Gasteiger partial charge >= 0.3 is 6.43 Å². The minimum absolute atomic E-state index is 0.151. The van der Waals surface area contributed by atoms with Gasteiger partial charge in [-0.2, -0.15) is 8.78 Å². The molecule has 0 bridgehead atoms. The highest BCUT2D eigenvalue weighted by Crippen LogP contribution is 2.24. The molecule has 0 aliphatic carbocycles. The van der Waals surface area contributed by atoms with Gasteiger partial charge < -0.3 is 10.4 Å². The van der Waals surface area contributed by atoms with Crippen LogP contribution < -0.4 is 5.32 Å². The van der Waals surface area contributed by atoms with Crippen LogP contribution in [0.2, 0.25) is 0 Å². The van der Waals surface area contributed by atoms with Crippen LogP contribution in [-0.4, -0.2) is 73.1 Å². The molecular weight excluding hydrogens is 447 g/mol. The summed E-state index contributed by atoms with van der Waals surface area (Å²) in [5.41, 5.74) is 2.65. The van der Waals surface area contributed by atoms with Crippen molar-refractivity contribution in [1.82, 2.24) is 15.2 Å². The van der Waals surface area contributed by atoms with Gasteiger partial charge in [-0.3, -0.25) is 14.7 Å². The molecule has 0 spiro atoms. The summed E-state index contributed by atoms with van der Waals surface area (Å²) in [6.45, 7) is 0.311. The number of rotatable bonds is 8. The minimum Gasteiger partial charge on any atom is -0.386 e. The number of aromatic nitrogens is 1. The predicted octanol–water partition coefficient (Wildman–Crippen LogP) is 1.73. The normalized spacial score (nSPS) is 18.3. The second-order valence-corrected chi connectivity index (χ2v) is 9.91. The molecule has 174 valence electrons. The number of aliphatic hydroxyl groups is 1. The van der Waals surface area contributed by atoms with Gasteiger partial charge in [0.2, 0.25) is 0 Å². The highest BCUT2D eigenvalue weighted by Gasteiger charge is 2.26. The summed E-state index contributed by atoms with van der Waals surface area (Å²) in [7, 11) is -2.93. The number of benzene rings is 1. The van der Waals surface area contributed by atoms with E-state index in [-0.39, 0.29) is 17.1 Å². The first-order chi connectivity index (χ1) is 15.2. The van der Waals surface area contributed by atoms with Gasteiger partial charge in [0.25, 0.3) is 5.91 Å². The Morgan fingerprint density at radius 2 is 1.72 bits per heavy atom. The van der Waals surface area contributed by atoms with Crippen molar-refractivity contribution in [3.63, 3.8) is 0 Å². The van der Waals surface area contributed by atoms with Gasteiger partial charge in [0.15, 0.2) is 9.84 Å². The Kier molecular flexibility index (Phi) is 7.86. The number of carbonyl (C=O) groups excluding carboxylic acids is 1. The van der Waals surface area contributed by atoms with Crippen molar-refractivity contribution in [2.75, 3.05) is 31.3 Å². The topological polar surface area (TPSA) is 99.6 Å². The van der Waals surface area contributed by atoms with E-state index in [1.54, 1.807) is 23.6 Å². The minimum atomic E-state index is -3.29. The van der Waals surface area contributed by atoms with Crippen molar-refractivity contribution in [2.45, 2.75) is 25.1 Å². The fraction of sp³-hybridized carbons (Fsp3) is 0.429. The lowest BCUT2D eigenvalue weighted by atomic mass is 9.99. The Balaban J connectivity index is 1.62. The molecule has 3 rings (SSSR count). The molecule has 1 aromatic heterocycles. The first kappa shape index (κ1) is 24.1. The maximum Gasteiger partial charge on any atom is 0.315 e. The summed E-state index contributed by atoms with van der Waals surface area (Å²) in [4.78, 5) is 17.6. The van der Waals surface area contributed by atoms with Crippen LogP contribution in [0, 0.1) is 0 Å². The second kappa shape index (κ2) is 10.4. The fourth-order valence-corrected chi connectivity index (χ4v) is 4.66. The van der Waals surface area contributed by atoms with Crippen LogP contribution in [0.5, 0.6) is 0 Å². The molecule has 0 radical (unpaired) electrons. The van der Waals surface area contributed by atoms with Crippen LogP contribution >= 0.6 is 0 Å². The van der Waals surface area contributed by atoms with E-state index in [0.29, 0.717) is 19.6 Å². The molecule has 2 atom stereocenters. The van der Waals surface area contributed by atoms with E-state index in [1.165, 1.54) is 12.1 Å². The lowest BCUT2D eigenvalue weighted by molar-refractivity contribution is -0.133. The third-order valence-electron chi connectivity index (χ3n) is 5.31. The van der Waals surface area contributed by atoms with E-state index in [1.807, 2.05) is 17.0 Å². The Hall–Kier alpha value is -2.50. The van der Waals surface area contributed by atoms with Crippen molar-refractivity contribution in [3.8, 4) is 11.1 Å². The summed E-state index contributed by atoms with van der Waals surface area (Å²) in [5, 5.41) is 12.0. The number of aliphatic hydroxyl groups excluding tert-OH is 1. The fourth-order valence-electron chi connectivity index (χ4n) is 3.38. The number of halogens is 3. The smallest absolute Gasteiger partial charge is 0.315 e. The number of hydrogen-bond donors (Lipinski definition) is 2. The van der Waals surface area contributed by atoms with Crippen LogP contribution in [-0.2, 0) is 21.2 Å². The van der Waals surface area contributed by atoms with E-state index in [4.69, 9.17) is 0 Å². The molecule has 11 heteroatoms. The van der Waals surface area contributed by atoms with Crippen molar-refractivity contribution >= 4 is 15.7 Å². The number of amides is 1. The summed E-state index contributed by atoms with van der Waals surface area (Å²) in [5.74, 6) is -1.34. The van der Waals surface area contributed by atoms with E-state index >= 15 is 0 Å². The molecule has 1 aliphatic heterocycles. The Labute approximate surface area is 184 Å². The van der Waals surface area contributed by atoms with Crippen LogP contribution in [0.3, 0.4) is 0 Å². The summed E-state index contributed by atoms with van der Waals surface area (Å²) in [6.07, 6.45) is -3.10. The van der Waals surface area contributed by atoms with Gasteiger partial charge in [-0.15, -0.1) is 0 Å². The van der Waals surface area contributed by atoms with Gasteiger partial charge in [0.1, 0.15) is 12.8 Å². The lowest BCUT2D eigenvalue weighted by Gasteiger charge is -2.26. The Morgan fingerprint density at radius 1 is 1.09 bits per heavy atom. The van der Waals surface area contributed by atoms with Crippen molar-refractivity contribution in [3.05, 3.63) is 53.9 Å². The van der Waals surface area contributed by atoms with Gasteiger partial charge in [-0.25, -0.2) is 12.8 Å². The van der Waals surface area contributed by atoms with Gasteiger partial charge in [0.05, 0.1) is 23.2 Å². The summed E-state index contributed by atoms with van der Waals surface area (Å²) < 4.78 is 60.9. The molecule has 2 N–H and O–H groups in total. The molecule has 7 nitrogen and oxygen atoms in total. The average molecular weight is 472 g/mol. The Morgan fingerprint density at radius 3 is 2.25 bits per heavy atom. The van der Waals surface area contributed by atoms with Crippen LogP contribution in [0.4, 0.5) is 13.2 Å². The number of nitrogens with one attached hydrogen (secondary N) is 1. The molecule has 1 amide bonds. The number of carbonyl (C=O) groups is 1. The zero-order chi connectivity index (χ0) is 23.3. The highest BCUT2D eigenvalue weighted by atomic mass is 32.2. The largest absolute Gasteiger partial charge is 0.386 e. The van der Waals surface area contributed by atoms with Crippen LogP contribution in [0.25, 0.3) is 11.1 Å². The average Bonchev–Trinajstić information content (AvgIpc) is 2.79. The van der Waals surface area contributed by atoms with E-state index in [9.17, 15) is 31.5 Å². The third-order valence-corrected chi connectivity index (χ3v) is 6.92. The molecule has 1 saturated heterocycles. The molecule has 1 aromatic carbocycles. The first-order valence-electron chi connectivity index (χ1n) is 9.99. The number of alkyl halides is 3. The van der Waals surface area contributed by atoms with Crippen molar-refractivity contribution in [2.24, 2.45) is 0 Å². The third kappa shape index (κ3) is 6.27. The summed E-state index contributed by atoms with van der Waals surface area (Å²) in [6, 6.07) is 8.64. The Bertz CT molecular complexity index is 1000. The van der Waals surface area contributed by atoms with Crippen LogP contribution in [0.15, 0.2) is 42.6 Å².